The van der Waals surface area contributed by atoms with Crippen LogP contribution in [0.4, 0.5) is 0 Å². The van der Waals surface area contributed by atoms with E-state index in [2.05, 4.69) is 6.92 Å². The van der Waals surface area contributed by atoms with Crippen LogP contribution >= 0.6 is 0 Å². The smallest absolute Gasteiger partial charge is 0.306 e. The molecule has 3 saturated carbocycles. The maximum atomic E-state index is 12.3. The first-order valence-corrected chi connectivity index (χ1v) is 11.9. The van der Waals surface area contributed by atoms with Crippen molar-refractivity contribution < 1.29 is 9.53 Å². The van der Waals surface area contributed by atoms with E-state index >= 15 is 0 Å². The van der Waals surface area contributed by atoms with Crippen molar-refractivity contribution in [3.63, 3.8) is 0 Å². The van der Waals surface area contributed by atoms with Crippen molar-refractivity contribution in [2.45, 2.75) is 129 Å². The molecule has 0 unspecified atom stereocenters. The van der Waals surface area contributed by atoms with Gasteiger partial charge in [-0.1, -0.05) is 39.0 Å². The molecule has 0 heterocycles. The standard InChI is InChI=1S/C24H42O2/c1-2-20-15-18-24(19-16-20,21-10-5-3-6-11-21)17-9-14-23(25)26-22-12-7-4-8-13-22/h20-22H,2-19H2,1H3. The normalized spacial score (nSPS) is 31.7. The van der Waals surface area contributed by atoms with Crippen LogP contribution in [0.2, 0.25) is 0 Å². The number of carbonyl (C=O) groups is 1. The monoisotopic (exact) mass is 362 g/mol. The lowest BCUT2D eigenvalue weighted by Crippen LogP contribution is -2.36. The van der Waals surface area contributed by atoms with Crippen LogP contribution < -0.4 is 0 Å². The van der Waals surface area contributed by atoms with Gasteiger partial charge in [-0.3, -0.25) is 4.79 Å². The zero-order valence-electron chi connectivity index (χ0n) is 17.3. The molecule has 0 saturated heterocycles. The molecule has 3 rings (SSSR count). The summed E-state index contributed by atoms with van der Waals surface area (Å²) in [5.41, 5.74) is 0.553. The Morgan fingerprint density at radius 3 is 2.12 bits per heavy atom. The van der Waals surface area contributed by atoms with Gasteiger partial charge in [0.25, 0.3) is 0 Å². The first kappa shape index (κ1) is 20.2. The summed E-state index contributed by atoms with van der Waals surface area (Å²) in [5.74, 6) is 1.98. The summed E-state index contributed by atoms with van der Waals surface area (Å²) in [6.45, 7) is 2.36. The van der Waals surface area contributed by atoms with Gasteiger partial charge in [-0.25, -0.2) is 0 Å². The molecule has 0 amide bonds. The molecule has 26 heavy (non-hydrogen) atoms. The Hall–Kier alpha value is -0.530. The zero-order valence-corrected chi connectivity index (χ0v) is 17.3. The third kappa shape index (κ3) is 5.49. The average molecular weight is 363 g/mol. The van der Waals surface area contributed by atoms with Gasteiger partial charge < -0.3 is 4.74 Å². The molecule has 2 nitrogen and oxygen atoms in total. The van der Waals surface area contributed by atoms with Crippen LogP contribution in [-0.2, 0) is 9.53 Å². The molecule has 0 aromatic heterocycles. The second kappa shape index (κ2) is 10.1. The Kier molecular flexibility index (Phi) is 7.88. The van der Waals surface area contributed by atoms with E-state index in [0.717, 1.165) is 31.1 Å². The summed E-state index contributed by atoms with van der Waals surface area (Å²) in [7, 11) is 0. The van der Waals surface area contributed by atoms with E-state index in [9.17, 15) is 4.79 Å². The van der Waals surface area contributed by atoms with Crippen LogP contribution in [0.25, 0.3) is 0 Å². The lowest BCUT2D eigenvalue weighted by molar-refractivity contribution is -0.150. The van der Waals surface area contributed by atoms with Crippen molar-refractivity contribution in [2.24, 2.45) is 17.3 Å². The molecule has 0 spiro atoms. The summed E-state index contributed by atoms with van der Waals surface area (Å²) in [5, 5.41) is 0. The molecular formula is C24H42O2. The first-order valence-electron chi connectivity index (χ1n) is 11.9. The highest BCUT2D eigenvalue weighted by atomic mass is 16.5. The molecule has 3 aliphatic rings. The molecule has 150 valence electrons. The van der Waals surface area contributed by atoms with Gasteiger partial charge in [0, 0.05) is 6.42 Å². The van der Waals surface area contributed by atoms with Gasteiger partial charge in [-0.2, -0.15) is 0 Å². The minimum absolute atomic E-state index is 0.0814. The van der Waals surface area contributed by atoms with Gasteiger partial charge in [-0.05, 0) is 94.3 Å². The lowest BCUT2D eigenvalue weighted by atomic mass is 9.58. The third-order valence-electron chi connectivity index (χ3n) is 8.06. The molecule has 0 N–H and O–H groups in total. The molecule has 2 heteroatoms. The van der Waals surface area contributed by atoms with Gasteiger partial charge >= 0.3 is 5.97 Å². The van der Waals surface area contributed by atoms with Crippen LogP contribution in [0.15, 0.2) is 0 Å². The minimum Gasteiger partial charge on any atom is -0.462 e. The van der Waals surface area contributed by atoms with E-state index in [4.69, 9.17) is 4.74 Å². The van der Waals surface area contributed by atoms with Gasteiger partial charge in [0.05, 0.1) is 0 Å². The summed E-state index contributed by atoms with van der Waals surface area (Å²) in [4.78, 5) is 12.3. The fourth-order valence-electron chi connectivity index (χ4n) is 6.25. The molecule has 0 aromatic rings. The van der Waals surface area contributed by atoms with Crippen molar-refractivity contribution in [1.29, 1.82) is 0 Å². The number of esters is 1. The molecule has 0 bridgehead atoms. The Balaban J connectivity index is 1.48. The molecule has 3 aliphatic carbocycles. The predicted molar refractivity (Wildman–Crippen MR) is 108 cm³/mol. The second-order valence-corrected chi connectivity index (χ2v) is 9.65. The molecule has 0 aliphatic heterocycles. The van der Waals surface area contributed by atoms with Gasteiger partial charge in [0.1, 0.15) is 6.10 Å². The lowest BCUT2D eigenvalue weighted by Gasteiger charge is -2.47. The van der Waals surface area contributed by atoms with Crippen LogP contribution in [0, 0.1) is 17.3 Å². The van der Waals surface area contributed by atoms with E-state index in [1.54, 1.807) is 0 Å². The van der Waals surface area contributed by atoms with Crippen molar-refractivity contribution in [3.8, 4) is 0 Å². The Morgan fingerprint density at radius 2 is 1.50 bits per heavy atom. The Labute approximate surface area is 161 Å². The van der Waals surface area contributed by atoms with Crippen molar-refractivity contribution >= 4 is 5.97 Å². The second-order valence-electron chi connectivity index (χ2n) is 9.65. The minimum atomic E-state index is 0.0814. The SMILES string of the molecule is CCC1CCC(CCCC(=O)OC2CCCCC2)(C2CCCCC2)CC1. The summed E-state index contributed by atoms with van der Waals surface area (Å²) < 4.78 is 5.75. The van der Waals surface area contributed by atoms with E-state index in [-0.39, 0.29) is 12.1 Å². The summed E-state index contributed by atoms with van der Waals surface area (Å²) in [6, 6.07) is 0. The van der Waals surface area contributed by atoms with E-state index in [1.165, 1.54) is 89.9 Å². The quantitative estimate of drug-likeness (QED) is 0.448. The van der Waals surface area contributed by atoms with E-state index in [0.29, 0.717) is 11.8 Å². The number of carbonyl (C=O) groups excluding carboxylic acids is 1. The number of hydrogen-bond donors (Lipinski definition) is 0. The first-order chi connectivity index (χ1) is 12.7. The fraction of sp³-hybridized carbons (Fsp3) is 0.958. The van der Waals surface area contributed by atoms with Gasteiger partial charge in [0.15, 0.2) is 0 Å². The number of hydrogen-bond acceptors (Lipinski definition) is 2. The van der Waals surface area contributed by atoms with Gasteiger partial charge in [0.2, 0.25) is 0 Å². The molecule has 3 fully saturated rings. The van der Waals surface area contributed by atoms with Crippen LogP contribution in [0.1, 0.15) is 122 Å². The van der Waals surface area contributed by atoms with Gasteiger partial charge in [-0.15, -0.1) is 0 Å². The van der Waals surface area contributed by atoms with E-state index < -0.39 is 0 Å². The maximum Gasteiger partial charge on any atom is 0.306 e. The summed E-state index contributed by atoms with van der Waals surface area (Å²) >= 11 is 0. The van der Waals surface area contributed by atoms with Crippen molar-refractivity contribution in [1.82, 2.24) is 0 Å². The Morgan fingerprint density at radius 1 is 0.885 bits per heavy atom. The van der Waals surface area contributed by atoms with Crippen molar-refractivity contribution in [2.75, 3.05) is 0 Å². The molecule has 0 aromatic carbocycles. The average Bonchev–Trinajstić information content (AvgIpc) is 2.70. The van der Waals surface area contributed by atoms with Crippen molar-refractivity contribution in [3.05, 3.63) is 0 Å². The molecule has 0 atom stereocenters. The highest BCUT2D eigenvalue weighted by Crippen LogP contribution is 2.52. The van der Waals surface area contributed by atoms with Crippen LogP contribution in [-0.4, -0.2) is 12.1 Å². The highest BCUT2D eigenvalue weighted by Gasteiger charge is 2.41. The van der Waals surface area contributed by atoms with Crippen LogP contribution in [0.5, 0.6) is 0 Å². The van der Waals surface area contributed by atoms with Crippen LogP contribution in [0.3, 0.4) is 0 Å². The highest BCUT2D eigenvalue weighted by molar-refractivity contribution is 5.69. The zero-order chi connectivity index (χ0) is 18.2. The maximum absolute atomic E-state index is 12.3. The number of rotatable bonds is 7. The summed E-state index contributed by atoms with van der Waals surface area (Å²) in [6.07, 6.45) is 23.5. The fourth-order valence-corrected chi connectivity index (χ4v) is 6.25. The third-order valence-corrected chi connectivity index (χ3v) is 8.06. The topological polar surface area (TPSA) is 26.3 Å². The van der Waals surface area contributed by atoms with E-state index in [1.807, 2.05) is 0 Å². The number of ether oxygens (including phenoxy) is 1. The predicted octanol–water partition coefficient (Wildman–Crippen LogP) is 7.20. The molecular weight excluding hydrogens is 320 g/mol. The Bertz CT molecular complexity index is 410. The largest absolute Gasteiger partial charge is 0.462 e. The molecule has 0 radical (unpaired) electrons.